The summed E-state index contributed by atoms with van der Waals surface area (Å²) in [5.41, 5.74) is 8.00. The Morgan fingerprint density at radius 1 is 1.05 bits per heavy atom. The van der Waals surface area contributed by atoms with E-state index < -0.39 is 0 Å². The molecule has 0 saturated heterocycles. The van der Waals surface area contributed by atoms with E-state index in [2.05, 4.69) is 0 Å². The number of methoxy groups -OCH3 is 1. The van der Waals surface area contributed by atoms with Crippen molar-refractivity contribution in [2.24, 2.45) is 5.73 Å². The van der Waals surface area contributed by atoms with E-state index in [1.807, 2.05) is 55.5 Å². The molecule has 0 amide bonds. The van der Waals surface area contributed by atoms with Gasteiger partial charge in [0.05, 0.1) is 6.61 Å². The molecular weight excluding hydrogens is 238 g/mol. The molecule has 0 spiro atoms. The number of nitrogens with two attached hydrogens (primary N) is 1. The monoisotopic (exact) mass is 257 g/mol. The zero-order valence-electron chi connectivity index (χ0n) is 11.3. The Morgan fingerprint density at radius 3 is 2.42 bits per heavy atom. The number of ether oxygens (including phenoxy) is 2. The van der Waals surface area contributed by atoms with Crippen molar-refractivity contribution in [1.82, 2.24) is 0 Å². The van der Waals surface area contributed by atoms with E-state index in [-0.39, 0.29) is 6.04 Å². The Balaban J connectivity index is 2.10. The van der Waals surface area contributed by atoms with Gasteiger partial charge in [-0.2, -0.15) is 0 Å². The van der Waals surface area contributed by atoms with Crippen LogP contribution in [0.25, 0.3) is 0 Å². The van der Waals surface area contributed by atoms with Crippen molar-refractivity contribution in [3.8, 4) is 11.5 Å². The molecule has 100 valence electrons. The minimum atomic E-state index is 0.0408. The molecule has 0 aliphatic rings. The first-order chi connectivity index (χ1) is 9.19. The third-order valence-electron chi connectivity index (χ3n) is 2.85. The summed E-state index contributed by atoms with van der Waals surface area (Å²) in [6.07, 6.45) is 0. The van der Waals surface area contributed by atoms with Crippen molar-refractivity contribution in [1.29, 1.82) is 0 Å². The third-order valence-corrected chi connectivity index (χ3v) is 2.85. The van der Waals surface area contributed by atoms with Crippen LogP contribution >= 0.6 is 0 Å². The van der Waals surface area contributed by atoms with Gasteiger partial charge in [0.25, 0.3) is 0 Å². The van der Waals surface area contributed by atoms with E-state index in [0.717, 1.165) is 22.6 Å². The van der Waals surface area contributed by atoms with Crippen molar-refractivity contribution in [2.75, 3.05) is 7.11 Å². The Bertz CT molecular complexity index is 521. The second kappa shape index (κ2) is 6.36. The SMILES string of the molecule is COCc1cccc(Oc2ccc([C@H](C)N)cc2)c1. The van der Waals surface area contributed by atoms with Gasteiger partial charge in [-0.25, -0.2) is 0 Å². The number of hydrogen-bond donors (Lipinski definition) is 1. The van der Waals surface area contributed by atoms with Gasteiger partial charge in [-0.1, -0.05) is 24.3 Å². The van der Waals surface area contributed by atoms with Crippen LogP contribution in [0, 0.1) is 0 Å². The second-order valence-electron chi connectivity index (χ2n) is 4.54. The molecule has 0 fully saturated rings. The van der Waals surface area contributed by atoms with Gasteiger partial charge in [-0.05, 0) is 42.3 Å². The molecule has 2 rings (SSSR count). The summed E-state index contributed by atoms with van der Waals surface area (Å²) in [6, 6.07) is 15.7. The first-order valence-electron chi connectivity index (χ1n) is 6.30. The van der Waals surface area contributed by atoms with Crippen molar-refractivity contribution in [3.05, 3.63) is 59.7 Å². The summed E-state index contributed by atoms with van der Waals surface area (Å²) >= 11 is 0. The van der Waals surface area contributed by atoms with E-state index in [9.17, 15) is 0 Å². The minimum Gasteiger partial charge on any atom is -0.457 e. The van der Waals surface area contributed by atoms with E-state index in [1.165, 1.54) is 0 Å². The lowest BCUT2D eigenvalue weighted by atomic mass is 10.1. The molecule has 0 aliphatic carbocycles. The van der Waals surface area contributed by atoms with Gasteiger partial charge < -0.3 is 15.2 Å². The average molecular weight is 257 g/mol. The lowest BCUT2D eigenvalue weighted by molar-refractivity contribution is 0.184. The van der Waals surface area contributed by atoms with Crippen molar-refractivity contribution in [3.63, 3.8) is 0 Å². The van der Waals surface area contributed by atoms with Crippen LogP contribution in [0.5, 0.6) is 11.5 Å². The summed E-state index contributed by atoms with van der Waals surface area (Å²) in [5.74, 6) is 1.61. The van der Waals surface area contributed by atoms with E-state index >= 15 is 0 Å². The molecule has 0 aromatic heterocycles. The number of benzene rings is 2. The molecule has 1 atom stereocenters. The van der Waals surface area contributed by atoms with Crippen LogP contribution in [0.3, 0.4) is 0 Å². The first-order valence-corrected chi connectivity index (χ1v) is 6.30. The Labute approximate surface area is 114 Å². The predicted octanol–water partition coefficient (Wildman–Crippen LogP) is 3.65. The number of rotatable bonds is 5. The molecule has 19 heavy (non-hydrogen) atoms. The highest BCUT2D eigenvalue weighted by molar-refractivity contribution is 5.35. The zero-order valence-corrected chi connectivity index (χ0v) is 11.3. The Morgan fingerprint density at radius 2 is 1.79 bits per heavy atom. The highest BCUT2D eigenvalue weighted by Gasteiger charge is 2.02. The summed E-state index contributed by atoms with van der Waals surface area (Å²) < 4.78 is 10.9. The Hall–Kier alpha value is -1.84. The highest BCUT2D eigenvalue weighted by atomic mass is 16.5. The van der Waals surface area contributed by atoms with Gasteiger partial charge in [0, 0.05) is 13.2 Å². The molecule has 0 unspecified atom stereocenters. The molecule has 2 aromatic carbocycles. The smallest absolute Gasteiger partial charge is 0.127 e. The summed E-state index contributed by atoms with van der Waals surface area (Å²) in [4.78, 5) is 0. The Kier molecular flexibility index (Phi) is 4.55. The lowest BCUT2D eigenvalue weighted by Gasteiger charge is -2.09. The summed E-state index contributed by atoms with van der Waals surface area (Å²) in [5, 5.41) is 0. The number of hydrogen-bond acceptors (Lipinski definition) is 3. The normalized spacial score (nSPS) is 12.2. The fourth-order valence-electron chi connectivity index (χ4n) is 1.84. The maximum absolute atomic E-state index is 5.81. The lowest BCUT2D eigenvalue weighted by Crippen LogP contribution is -2.04. The molecule has 0 heterocycles. The van der Waals surface area contributed by atoms with Gasteiger partial charge in [0.15, 0.2) is 0 Å². The van der Waals surface area contributed by atoms with Gasteiger partial charge in [0.2, 0.25) is 0 Å². The molecule has 2 N–H and O–H groups in total. The van der Waals surface area contributed by atoms with E-state index in [4.69, 9.17) is 15.2 Å². The van der Waals surface area contributed by atoms with Crippen LogP contribution in [-0.4, -0.2) is 7.11 Å². The van der Waals surface area contributed by atoms with E-state index in [0.29, 0.717) is 6.61 Å². The van der Waals surface area contributed by atoms with Crippen LogP contribution in [0.15, 0.2) is 48.5 Å². The van der Waals surface area contributed by atoms with Gasteiger partial charge in [-0.15, -0.1) is 0 Å². The van der Waals surface area contributed by atoms with Crippen LogP contribution in [0.4, 0.5) is 0 Å². The molecule has 0 bridgehead atoms. The molecule has 0 radical (unpaired) electrons. The maximum Gasteiger partial charge on any atom is 0.127 e. The third kappa shape index (κ3) is 3.81. The van der Waals surface area contributed by atoms with Crippen LogP contribution in [-0.2, 0) is 11.3 Å². The quantitative estimate of drug-likeness (QED) is 0.889. The molecule has 2 aromatic rings. The molecular formula is C16H19NO2. The van der Waals surface area contributed by atoms with Crippen LogP contribution in [0.1, 0.15) is 24.1 Å². The fourth-order valence-corrected chi connectivity index (χ4v) is 1.84. The maximum atomic E-state index is 5.81. The highest BCUT2D eigenvalue weighted by Crippen LogP contribution is 2.23. The molecule has 3 nitrogen and oxygen atoms in total. The zero-order chi connectivity index (χ0) is 13.7. The minimum absolute atomic E-state index is 0.0408. The van der Waals surface area contributed by atoms with Gasteiger partial charge in [0.1, 0.15) is 11.5 Å². The molecule has 0 saturated carbocycles. The van der Waals surface area contributed by atoms with Crippen molar-refractivity contribution >= 4 is 0 Å². The topological polar surface area (TPSA) is 44.5 Å². The largest absolute Gasteiger partial charge is 0.457 e. The van der Waals surface area contributed by atoms with Gasteiger partial charge in [-0.3, -0.25) is 0 Å². The standard InChI is InChI=1S/C16H19NO2/c1-12(17)14-6-8-15(9-7-14)19-16-5-3-4-13(10-16)11-18-2/h3-10,12H,11,17H2,1-2H3/t12-/m0/s1. The average Bonchev–Trinajstić information content (AvgIpc) is 2.40. The summed E-state index contributed by atoms with van der Waals surface area (Å²) in [7, 11) is 1.68. The van der Waals surface area contributed by atoms with E-state index in [1.54, 1.807) is 7.11 Å². The fraction of sp³-hybridized carbons (Fsp3) is 0.250. The second-order valence-corrected chi connectivity index (χ2v) is 4.54. The van der Waals surface area contributed by atoms with Crippen molar-refractivity contribution in [2.45, 2.75) is 19.6 Å². The van der Waals surface area contributed by atoms with Gasteiger partial charge >= 0.3 is 0 Å². The predicted molar refractivity (Wildman–Crippen MR) is 76.3 cm³/mol. The molecule has 3 heteroatoms. The molecule has 0 aliphatic heterocycles. The summed E-state index contributed by atoms with van der Waals surface area (Å²) in [6.45, 7) is 2.55. The van der Waals surface area contributed by atoms with Crippen molar-refractivity contribution < 1.29 is 9.47 Å². The van der Waals surface area contributed by atoms with Crippen LogP contribution in [0.2, 0.25) is 0 Å². The first kappa shape index (κ1) is 13.6. The van der Waals surface area contributed by atoms with Crippen LogP contribution < -0.4 is 10.5 Å².